The first-order valence-corrected chi connectivity index (χ1v) is 6.03. The van der Waals surface area contributed by atoms with E-state index < -0.39 is 5.76 Å². The van der Waals surface area contributed by atoms with E-state index in [2.05, 4.69) is 10.1 Å². The van der Waals surface area contributed by atoms with Gasteiger partial charge in [0.15, 0.2) is 5.58 Å². The zero-order valence-electron chi connectivity index (χ0n) is 10.5. The third-order valence-electron chi connectivity index (χ3n) is 3.09. The van der Waals surface area contributed by atoms with Crippen LogP contribution in [-0.4, -0.2) is 21.3 Å². The number of hydrogen-bond acceptors (Lipinski definition) is 4. The molecule has 3 aromatic rings. The van der Waals surface area contributed by atoms with Crippen LogP contribution in [0.15, 0.2) is 33.5 Å². The predicted molar refractivity (Wildman–Crippen MR) is 71.8 cm³/mol. The average molecular weight is 258 g/mol. The molecule has 0 aliphatic heterocycles. The van der Waals surface area contributed by atoms with Crippen LogP contribution in [0.25, 0.3) is 22.4 Å². The van der Waals surface area contributed by atoms with Crippen LogP contribution in [0.3, 0.4) is 0 Å². The lowest BCUT2D eigenvalue weighted by molar-refractivity contribution is 0.555. The van der Waals surface area contributed by atoms with Crippen molar-refractivity contribution < 1.29 is 4.42 Å². The molecular weight excluding hydrogens is 244 g/mol. The molecule has 1 aromatic carbocycles. The van der Waals surface area contributed by atoms with E-state index in [1.54, 1.807) is 6.07 Å². The molecule has 0 saturated carbocycles. The van der Waals surface area contributed by atoms with Gasteiger partial charge in [0.25, 0.3) is 0 Å². The number of aromatic amines is 1. The molecule has 0 spiro atoms. The Morgan fingerprint density at radius 1 is 1.42 bits per heavy atom. The Kier molecular flexibility index (Phi) is 2.72. The van der Waals surface area contributed by atoms with Crippen molar-refractivity contribution >= 4 is 11.1 Å². The summed E-state index contributed by atoms with van der Waals surface area (Å²) in [4.78, 5) is 13.8. The molecule has 6 nitrogen and oxygen atoms in total. The second-order valence-corrected chi connectivity index (χ2v) is 4.41. The number of hydrogen-bond donors (Lipinski definition) is 2. The van der Waals surface area contributed by atoms with Crippen LogP contribution in [0, 0.1) is 0 Å². The normalized spacial score (nSPS) is 11.3. The largest absolute Gasteiger partial charge is 0.417 e. The minimum atomic E-state index is -0.447. The van der Waals surface area contributed by atoms with Gasteiger partial charge in [-0.15, -0.1) is 0 Å². The summed E-state index contributed by atoms with van der Waals surface area (Å²) in [6, 6.07) is 7.51. The standard InChI is InChI=1S/C13H14N4O2/c1-17-9(4-5-14)7-10(16-17)8-2-3-12-11(6-8)15-13(18)19-12/h2-3,6-7H,4-5,14H2,1H3,(H,15,18). The number of fused-ring (bicyclic) bond motifs is 1. The quantitative estimate of drug-likeness (QED) is 0.734. The molecule has 0 saturated heterocycles. The third-order valence-corrected chi connectivity index (χ3v) is 3.09. The summed E-state index contributed by atoms with van der Waals surface area (Å²) in [5, 5.41) is 4.45. The molecular formula is C13H14N4O2. The molecule has 2 aromatic heterocycles. The molecule has 0 amide bonds. The maximum Gasteiger partial charge on any atom is 0.417 e. The van der Waals surface area contributed by atoms with Crippen LogP contribution in [-0.2, 0) is 13.5 Å². The van der Waals surface area contributed by atoms with Crippen LogP contribution in [0.5, 0.6) is 0 Å². The molecule has 19 heavy (non-hydrogen) atoms. The Balaban J connectivity index is 2.07. The topological polar surface area (TPSA) is 89.8 Å². The highest BCUT2D eigenvalue weighted by Gasteiger charge is 2.09. The fourth-order valence-corrected chi connectivity index (χ4v) is 2.14. The molecule has 2 heterocycles. The Hall–Kier alpha value is -2.34. The summed E-state index contributed by atoms with van der Waals surface area (Å²) < 4.78 is 6.80. The van der Waals surface area contributed by atoms with Crippen molar-refractivity contribution in [1.82, 2.24) is 14.8 Å². The van der Waals surface area contributed by atoms with Gasteiger partial charge in [-0.2, -0.15) is 5.10 Å². The van der Waals surface area contributed by atoms with Crippen molar-refractivity contribution in [2.75, 3.05) is 6.54 Å². The molecule has 0 radical (unpaired) electrons. The number of nitrogens with two attached hydrogens (primary N) is 1. The first-order valence-electron chi connectivity index (χ1n) is 6.03. The lowest BCUT2D eigenvalue weighted by Gasteiger charge is -1.96. The van der Waals surface area contributed by atoms with Crippen LogP contribution in [0.1, 0.15) is 5.69 Å². The van der Waals surface area contributed by atoms with Crippen molar-refractivity contribution in [1.29, 1.82) is 0 Å². The van der Waals surface area contributed by atoms with Gasteiger partial charge in [-0.3, -0.25) is 9.67 Å². The fraction of sp³-hybridized carbons (Fsp3) is 0.231. The first-order chi connectivity index (χ1) is 9.17. The van der Waals surface area contributed by atoms with Crippen LogP contribution in [0.4, 0.5) is 0 Å². The van der Waals surface area contributed by atoms with Gasteiger partial charge in [-0.1, -0.05) is 0 Å². The number of oxazole rings is 1. The number of aryl methyl sites for hydroxylation is 1. The number of benzene rings is 1. The molecule has 3 N–H and O–H groups in total. The Morgan fingerprint density at radius 2 is 2.26 bits per heavy atom. The minimum absolute atomic E-state index is 0.447. The molecule has 3 rings (SSSR count). The number of H-pyrrole nitrogens is 1. The summed E-state index contributed by atoms with van der Waals surface area (Å²) in [5.41, 5.74) is 9.66. The zero-order valence-corrected chi connectivity index (χ0v) is 10.5. The SMILES string of the molecule is Cn1nc(-c2ccc3oc(=O)[nH]c3c2)cc1CCN. The van der Waals surface area contributed by atoms with E-state index in [4.69, 9.17) is 10.2 Å². The fourth-order valence-electron chi connectivity index (χ4n) is 2.14. The highest BCUT2D eigenvalue weighted by atomic mass is 16.4. The van der Waals surface area contributed by atoms with Gasteiger partial charge < -0.3 is 10.2 Å². The van der Waals surface area contributed by atoms with E-state index in [-0.39, 0.29) is 0 Å². The number of aromatic nitrogens is 3. The second-order valence-electron chi connectivity index (χ2n) is 4.41. The molecule has 6 heteroatoms. The molecule has 0 fully saturated rings. The van der Waals surface area contributed by atoms with E-state index in [1.807, 2.05) is 29.9 Å². The van der Waals surface area contributed by atoms with Gasteiger partial charge in [0.2, 0.25) is 0 Å². The Bertz CT molecular complexity index is 781. The second kappa shape index (κ2) is 4.40. The highest BCUT2D eigenvalue weighted by molar-refractivity contribution is 5.79. The van der Waals surface area contributed by atoms with Crippen LogP contribution in [0.2, 0.25) is 0 Å². The van der Waals surface area contributed by atoms with Crippen molar-refractivity contribution in [2.45, 2.75) is 6.42 Å². The average Bonchev–Trinajstić information content (AvgIpc) is 2.91. The molecule has 0 bridgehead atoms. The van der Waals surface area contributed by atoms with Gasteiger partial charge >= 0.3 is 5.76 Å². The third kappa shape index (κ3) is 2.06. The monoisotopic (exact) mass is 258 g/mol. The highest BCUT2D eigenvalue weighted by Crippen LogP contribution is 2.22. The maximum absolute atomic E-state index is 11.1. The molecule has 0 atom stereocenters. The summed E-state index contributed by atoms with van der Waals surface area (Å²) in [7, 11) is 1.90. The van der Waals surface area contributed by atoms with Crippen molar-refractivity contribution in [3.8, 4) is 11.3 Å². The maximum atomic E-state index is 11.1. The summed E-state index contributed by atoms with van der Waals surface area (Å²) in [6.45, 7) is 0.590. The minimum Gasteiger partial charge on any atom is -0.408 e. The number of nitrogens with one attached hydrogen (secondary N) is 1. The number of rotatable bonds is 3. The smallest absolute Gasteiger partial charge is 0.408 e. The van der Waals surface area contributed by atoms with Gasteiger partial charge in [0.05, 0.1) is 11.2 Å². The van der Waals surface area contributed by atoms with Gasteiger partial charge in [0, 0.05) is 24.7 Å². The van der Waals surface area contributed by atoms with Crippen molar-refractivity contribution in [3.63, 3.8) is 0 Å². The van der Waals surface area contributed by atoms with Gasteiger partial charge in [0.1, 0.15) is 0 Å². The Morgan fingerprint density at radius 3 is 3.05 bits per heavy atom. The van der Waals surface area contributed by atoms with E-state index >= 15 is 0 Å². The summed E-state index contributed by atoms with van der Waals surface area (Å²) in [6.07, 6.45) is 0.786. The Labute approximate surface area is 108 Å². The lowest BCUT2D eigenvalue weighted by Crippen LogP contribution is -2.06. The summed E-state index contributed by atoms with van der Waals surface area (Å²) in [5.74, 6) is -0.447. The van der Waals surface area contributed by atoms with E-state index in [9.17, 15) is 4.79 Å². The van der Waals surface area contributed by atoms with E-state index in [0.29, 0.717) is 17.6 Å². The molecule has 0 unspecified atom stereocenters. The molecule has 98 valence electrons. The zero-order chi connectivity index (χ0) is 13.4. The van der Waals surface area contributed by atoms with Gasteiger partial charge in [-0.25, -0.2) is 4.79 Å². The van der Waals surface area contributed by atoms with Crippen molar-refractivity contribution in [2.24, 2.45) is 12.8 Å². The molecule has 0 aliphatic rings. The van der Waals surface area contributed by atoms with E-state index in [0.717, 1.165) is 23.4 Å². The summed E-state index contributed by atoms with van der Waals surface area (Å²) >= 11 is 0. The van der Waals surface area contributed by atoms with Crippen molar-refractivity contribution in [3.05, 3.63) is 40.5 Å². The predicted octanol–water partition coefficient (Wildman–Crippen LogP) is 1.02. The lowest BCUT2D eigenvalue weighted by atomic mass is 10.1. The number of nitrogens with zero attached hydrogens (tertiary/aromatic N) is 2. The first kappa shape index (κ1) is 11.7. The molecule has 0 aliphatic carbocycles. The van der Waals surface area contributed by atoms with E-state index in [1.165, 1.54) is 0 Å². The van der Waals surface area contributed by atoms with Crippen LogP contribution >= 0.6 is 0 Å². The van der Waals surface area contributed by atoms with Crippen LogP contribution < -0.4 is 11.5 Å². The van der Waals surface area contributed by atoms with Gasteiger partial charge in [-0.05, 0) is 30.8 Å².